The molecule has 3 heterocycles. The van der Waals surface area contributed by atoms with Crippen molar-refractivity contribution in [3.8, 4) is 0 Å². The zero-order valence-electron chi connectivity index (χ0n) is 23.0. The minimum Gasteiger partial charge on any atom is -0.478 e. The Morgan fingerprint density at radius 1 is 1.15 bits per heavy atom. The smallest absolute Gasteiger partial charge is 0.337 e. The van der Waals surface area contributed by atoms with Crippen molar-refractivity contribution < 1.29 is 19.1 Å². The number of halogens is 2. The first-order chi connectivity index (χ1) is 18.9. The molecule has 0 bridgehead atoms. The topological polar surface area (TPSA) is 112 Å². The van der Waals surface area contributed by atoms with Crippen molar-refractivity contribution in [3.63, 3.8) is 0 Å². The first-order valence-corrected chi connectivity index (χ1v) is 13.7. The van der Waals surface area contributed by atoms with Crippen LogP contribution in [0.5, 0.6) is 0 Å². The molecular formula is C29H32ClFN6O3. The Morgan fingerprint density at radius 3 is 2.50 bits per heavy atom. The van der Waals surface area contributed by atoms with Crippen LogP contribution < -0.4 is 10.2 Å². The number of carboxylic acid groups (broad SMARTS) is 1. The van der Waals surface area contributed by atoms with Crippen molar-refractivity contribution in [2.75, 3.05) is 29.9 Å². The summed E-state index contributed by atoms with van der Waals surface area (Å²) in [4.78, 5) is 43.1. The molecule has 2 fully saturated rings. The van der Waals surface area contributed by atoms with Gasteiger partial charge in [-0.3, -0.25) is 4.79 Å². The van der Waals surface area contributed by atoms with E-state index in [2.05, 4.69) is 20.2 Å². The average molecular weight is 567 g/mol. The lowest BCUT2D eigenvalue weighted by molar-refractivity contribution is 0.0505. The maximum atomic E-state index is 14.0. The number of nitrogens with one attached hydrogen (secondary N) is 1. The molecule has 1 aliphatic carbocycles. The molecule has 2 N–H and O–H groups in total. The second-order valence-corrected chi connectivity index (χ2v) is 11.5. The van der Waals surface area contributed by atoms with Gasteiger partial charge in [-0.2, -0.15) is 0 Å². The van der Waals surface area contributed by atoms with Gasteiger partial charge in [0.25, 0.3) is 5.91 Å². The molecule has 9 nitrogen and oxygen atoms in total. The number of piperazine rings is 1. The molecular weight excluding hydrogens is 535 g/mol. The highest BCUT2D eigenvalue weighted by Crippen LogP contribution is 2.39. The van der Waals surface area contributed by atoms with Gasteiger partial charge in [0.2, 0.25) is 0 Å². The van der Waals surface area contributed by atoms with Crippen LogP contribution in [0.15, 0.2) is 30.5 Å². The quantitative estimate of drug-likeness (QED) is 0.389. The number of carbonyl (C=O) groups excluding carboxylic acids is 1. The fourth-order valence-electron chi connectivity index (χ4n) is 5.44. The fraction of sp³-hybridized carbons (Fsp3) is 0.414. The van der Waals surface area contributed by atoms with Crippen LogP contribution in [0, 0.1) is 19.7 Å². The van der Waals surface area contributed by atoms with Gasteiger partial charge in [-0.15, -0.1) is 0 Å². The Kier molecular flexibility index (Phi) is 7.39. The standard InChI is InChI=1S/C29H32ClFN6O3/c1-16-12-23(33-17(2)24(16)28(39)40)36-10-11-37(29(3,4)15-36)27(38)22-14-32-26(25(35-22)18-6-5-7-18)34-19-8-9-20(30)21(31)13-19/h8-9,12-14,18H,5-7,10-11,15H2,1-4H3,(H,32,34)(H,39,40). The van der Waals surface area contributed by atoms with E-state index in [4.69, 9.17) is 16.6 Å². The molecule has 40 heavy (non-hydrogen) atoms. The Hall–Kier alpha value is -3.79. The second kappa shape index (κ2) is 10.6. The van der Waals surface area contributed by atoms with Gasteiger partial charge < -0.3 is 20.2 Å². The van der Waals surface area contributed by atoms with E-state index in [1.807, 2.05) is 18.7 Å². The molecule has 0 unspecified atom stereocenters. The average Bonchev–Trinajstić information content (AvgIpc) is 2.84. The minimum atomic E-state index is -0.992. The normalized spacial score (nSPS) is 16.9. The summed E-state index contributed by atoms with van der Waals surface area (Å²) in [6.07, 6.45) is 4.45. The third-order valence-corrected chi connectivity index (χ3v) is 8.07. The highest BCUT2D eigenvalue weighted by atomic mass is 35.5. The van der Waals surface area contributed by atoms with Crippen molar-refractivity contribution in [1.29, 1.82) is 0 Å². The molecule has 1 saturated carbocycles. The number of hydrogen-bond acceptors (Lipinski definition) is 7. The van der Waals surface area contributed by atoms with Gasteiger partial charge in [0.1, 0.15) is 17.3 Å². The van der Waals surface area contributed by atoms with Crippen LogP contribution in [0.3, 0.4) is 0 Å². The molecule has 11 heteroatoms. The summed E-state index contributed by atoms with van der Waals surface area (Å²) in [5.74, 6) is -0.348. The van der Waals surface area contributed by atoms with Crippen molar-refractivity contribution in [1.82, 2.24) is 19.9 Å². The number of benzene rings is 1. The SMILES string of the molecule is Cc1cc(N2CCN(C(=O)c3cnc(Nc4ccc(Cl)c(F)c4)c(C4CCC4)n3)C(C)(C)C2)nc(C)c1C(=O)O. The predicted molar refractivity (Wildman–Crippen MR) is 151 cm³/mol. The molecule has 3 aromatic rings. The third kappa shape index (κ3) is 5.32. The van der Waals surface area contributed by atoms with Crippen LogP contribution in [-0.4, -0.2) is 62.0 Å². The predicted octanol–water partition coefficient (Wildman–Crippen LogP) is 5.73. The summed E-state index contributed by atoms with van der Waals surface area (Å²) < 4.78 is 14.0. The van der Waals surface area contributed by atoms with Crippen LogP contribution in [0.1, 0.15) is 76.8 Å². The lowest BCUT2D eigenvalue weighted by Crippen LogP contribution is -2.61. The van der Waals surface area contributed by atoms with Crippen LogP contribution in [-0.2, 0) is 0 Å². The number of aromatic nitrogens is 3. The Bertz CT molecular complexity index is 1470. The number of amides is 1. The summed E-state index contributed by atoms with van der Waals surface area (Å²) in [6, 6.07) is 6.25. The van der Waals surface area contributed by atoms with E-state index in [9.17, 15) is 19.1 Å². The van der Waals surface area contributed by atoms with Gasteiger partial charge in [-0.1, -0.05) is 18.0 Å². The molecule has 0 spiro atoms. The molecule has 2 aliphatic rings. The summed E-state index contributed by atoms with van der Waals surface area (Å²) in [5.41, 5.74) is 2.26. The van der Waals surface area contributed by atoms with E-state index in [0.29, 0.717) is 53.9 Å². The van der Waals surface area contributed by atoms with Crippen molar-refractivity contribution in [2.45, 2.75) is 58.4 Å². The van der Waals surface area contributed by atoms with Crippen LogP contribution in [0.4, 0.5) is 21.7 Å². The van der Waals surface area contributed by atoms with Crippen molar-refractivity contribution in [2.24, 2.45) is 0 Å². The van der Waals surface area contributed by atoms with E-state index < -0.39 is 17.3 Å². The maximum absolute atomic E-state index is 14.0. The Morgan fingerprint density at radius 2 is 1.90 bits per heavy atom. The third-order valence-electron chi connectivity index (χ3n) is 7.76. The first-order valence-electron chi connectivity index (χ1n) is 13.3. The van der Waals surface area contributed by atoms with E-state index in [1.54, 1.807) is 26.0 Å². The molecule has 0 radical (unpaired) electrons. The van der Waals surface area contributed by atoms with E-state index in [0.717, 1.165) is 19.3 Å². The second-order valence-electron chi connectivity index (χ2n) is 11.1. The highest BCUT2D eigenvalue weighted by molar-refractivity contribution is 6.30. The van der Waals surface area contributed by atoms with Crippen LogP contribution >= 0.6 is 11.6 Å². The van der Waals surface area contributed by atoms with Gasteiger partial charge in [0.05, 0.1) is 33.7 Å². The minimum absolute atomic E-state index is 0.0397. The fourth-order valence-corrected chi connectivity index (χ4v) is 5.56. The van der Waals surface area contributed by atoms with Crippen LogP contribution in [0.2, 0.25) is 5.02 Å². The number of carboxylic acids is 1. The lowest BCUT2D eigenvalue weighted by atomic mass is 9.82. The number of pyridine rings is 1. The highest BCUT2D eigenvalue weighted by Gasteiger charge is 2.39. The maximum Gasteiger partial charge on any atom is 0.337 e. The number of rotatable bonds is 6. The molecule has 2 aromatic heterocycles. The lowest BCUT2D eigenvalue weighted by Gasteiger charge is -2.47. The summed E-state index contributed by atoms with van der Waals surface area (Å²) in [6.45, 7) is 8.95. The first kappa shape index (κ1) is 27.8. The summed E-state index contributed by atoms with van der Waals surface area (Å²) in [7, 11) is 0. The van der Waals surface area contributed by atoms with Gasteiger partial charge >= 0.3 is 5.97 Å². The molecule has 1 amide bonds. The number of anilines is 3. The van der Waals surface area contributed by atoms with Gasteiger partial charge in [0.15, 0.2) is 5.82 Å². The monoisotopic (exact) mass is 566 g/mol. The van der Waals surface area contributed by atoms with Crippen molar-refractivity contribution in [3.05, 3.63) is 69.5 Å². The summed E-state index contributed by atoms with van der Waals surface area (Å²) >= 11 is 5.82. The molecule has 1 saturated heterocycles. The zero-order valence-corrected chi connectivity index (χ0v) is 23.7. The number of nitrogens with zero attached hydrogens (tertiary/aromatic N) is 5. The molecule has 1 aliphatic heterocycles. The largest absolute Gasteiger partial charge is 0.478 e. The molecule has 210 valence electrons. The number of aryl methyl sites for hydroxylation is 2. The summed E-state index contributed by atoms with van der Waals surface area (Å²) in [5, 5.41) is 12.7. The number of hydrogen-bond donors (Lipinski definition) is 2. The molecule has 5 rings (SSSR count). The Labute approximate surface area is 237 Å². The van der Waals surface area contributed by atoms with Gasteiger partial charge in [-0.05, 0) is 70.4 Å². The molecule has 0 atom stereocenters. The van der Waals surface area contributed by atoms with Crippen molar-refractivity contribution >= 4 is 40.8 Å². The van der Waals surface area contributed by atoms with E-state index in [1.165, 1.54) is 18.3 Å². The number of aromatic carboxylic acids is 1. The van der Waals surface area contributed by atoms with E-state index >= 15 is 0 Å². The van der Waals surface area contributed by atoms with E-state index in [-0.39, 0.29) is 28.1 Å². The van der Waals surface area contributed by atoms with Gasteiger partial charge in [0, 0.05) is 31.2 Å². The van der Waals surface area contributed by atoms with Gasteiger partial charge in [-0.25, -0.2) is 24.1 Å². The Balaban J connectivity index is 1.37. The molecule has 1 aromatic carbocycles. The zero-order chi connectivity index (χ0) is 28.8. The number of carbonyl (C=O) groups is 2. The van der Waals surface area contributed by atoms with Crippen LogP contribution in [0.25, 0.3) is 0 Å².